The van der Waals surface area contributed by atoms with Gasteiger partial charge in [-0.1, -0.05) is 23.7 Å². The van der Waals surface area contributed by atoms with E-state index in [0.29, 0.717) is 21.2 Å². The standard InChI is InChI=1S/C13H9ClN4OS/c14-9-3-1-8(2-4-9)7-15-18-13-16-10-5-6-20-11(10)12(19)17-13/h1-7H,(H2,16,17,18,19)/b15-7+. The minimum absolute atomic E-state index is 0.172. The van der Waals surface area contributed by atoms with Crippen molar-refractivity contribution in [2.45, 2.75) is 0 Å². The van der Waals surface area contributed by atoms with Gasteiger partial charge in [0.25, 0.3) is 5.56 Å². The van der Waals surface area contributed by atoms with Gasteiger partial charge in [-0.05, 0) is 29.1 Å². The Labute approximate surface area is 122 Å². The first-order valence-electron chi connectivity index (χ1n) is 5.74. The van der Waals surface area contributed by atoms with E-state index in [-0.39, 0.29) is 5.56 Å². The summed E-state index contributed by atoms with van der Waals surface area (Å²) in [5.41, 5.74) is 4.08. The molecule has 0 amide bonds. The fourth-order valence-electron chi connectivity index (χ4n) is 1.64. The number of nitrogens with one attached hydrogen (secondary N) is 2. The highest BCUT2D eigenvalue weighted by Gasteiger charge is 2.03. The molecule has 7 heteroatoms. The number of nitrogens with zero attached hydrogens (tertiary/aromatic N) is 2. The van der Waals surface area contributed by atoms with Gasteiger partial charge in [0.15, 0.2) is 0 Å². The van der Waals surface area contributed by atoms with Gasteiger partial charge >= 0.3 is 0 Å². The van der Waals surface area contributed by atoms with Gasteiger partial charge in [-0.25, -0.2) is 10.4 Å². The van der Waals surface area contributed by atoms with E-state index in [9.17, 15) is 4.79 Å². The molecule has 0 saturated heterocycles. The highest BCUT2D eigenvalue weighted by Crippen LogP contribution is 2.14. The van der Waals surface area contributed by atoms with Crippen LogP contribution in [0.4, 0.5) is 5.95 Å². The van der Waals surface area contributed by atoms with E-state index in [0.717, 1.165) is 5.56 Å². The third-order valence-electron chi connectivity index (χ3n) is 2.57. The first kappa shape index (κ1) is 12.8. The molecule has 0 spiro atoms. The molecule has 3 aromatic rings. The molecule has 0 fully saturated rings. The van der Waals surface area contributed by atoms with Crippen molar-refractivity contribution < 1.29 is 0 Å². The second-order valence-electron chi connectivity index (χ2n) is 3.97. The Kier molecular flexibility index (Phi) is 3.49. The van der Waals surface area contributed by atoms with Crippen molar-refractivity contribution in [2.24, 2.45) is 5.10 Å². The minimum atomic E-state index is -0.172. The fraction of sp³-hybridized carbons (Fsp3) is 0. The molecule has 2 N–H and O–H groups in total. The number of anilines is 1. The first-order chi connectivity index (χ1) is 9.72. The monoisotopic (exact) mass is 304 g/mol. The lowest BCUT2D eigenvalue weighted by Crippen LogP contribution is -2.09. The Morgan fingerprint density at radius 1 is 1.30 bits per heavy atom. The summed E-state index contributed by atoms with van der Waals surface area (Å²) >= 11 is 7.15. The highest BCUT2D eigenvalue weighted by atomic mass is 35.5. The van der Waals surface area contributed by atoms with E-state index in [1.165, 1.54) is 11.3 Å². The summed E-state index contributed by atoms with van der Waals surface area (Å²) in [5, 5.41) is 6.52. The largest absolute Gasteiger partial charge is 0.290 e. The summed E-state index contributed by atoms with van der Waals surface area (Å²) in [6.07, 6.45) is 1.62. The smallest absolute Gasteiger partial charge is 0.270 e. The van der Waals surface area contributed by atoms with Crippen LogP contribution >= 0.6 is 22.9 Å². The molecule has 0 aliphatic rings. The lowest BCUT2D eigenvalue weighted by molar-refractivity contribution is 1.13. The van der Waals surface area contributed by atoms with Crippen LogP contribution in [0.25, 0.3) is 10.2 Å². The molecule has 0 radical (unpaired) electrons. The van der Waals surface area contributed by atoms with Gasteiger partial charge in [0.05, 0.1) is 11.7 Å². The summed E-state index contributed by atoms with van der Waals surface area (Å²) in [5.74, 6) is 0.311. The normalized spacial score (nSPS) is 11.2. The Balaban J connectivity index is 1.79. The van der Waals surface area contributed by atoms with Crippen LogP contribution in [0.15, 0.2) is 45.6 Å². The summed E-state index contributed by atoms with van der Waals surface area (Å²) in [6, 6.07) is 9.03. The van der Waals surface area contributed by atoms with Gasteiger partial charge in [-0.15, -0.1) is 11.3 Å². The van der Waals surface area contributed by atoms with Crippen LogP contribution in [-0.4, -0.2) is 16.2 Å². The van der Waals surface area contributed by atoms with Crippen LogP contribution in [0, 0.1) is 0 Å². The number of hydrogen-bond donors (Lipinski definition) is 2. The maximum Gasteiger partial charge on any atom is 0.270 e. The molecule has 100 valence electrons. The maximum absolute atomic E-state index is 11.7. The number of H-pyrrole nitrogens is 1. The SMILES string of the molecule is O=c1[nH]c(N/N=C/c2ccc(Cl)cc2)nc2ccsc12. The number of hydrazone groups is 1. The van der Waals surface area contributed by atoms with E-state index >= 15 is 0 Å². The van der Waals surface area contributed by atoms with E-state index in [4.69, 9.17) is 11.6 Å². The van der Waals surface area contributed by atoms with Crippen LogP contribution in [0.5, 0.6) is 0 Å². The van der Waals surface area contributed by atoms with E-state index in [2.05, 4.69) is 20.5 Å². The zero-order chi connectivity index (χ0) is 13.9. The molecule has 0 bridgehead atoms. The molecule has 5 nitrogen and oxygen atoms in total. The zero-order valence-corrected chi connectivity index (χ0v) is 11.7. The minimum Gasteiger partial charge on any atom is -0.290 e. The Morgan fingerprint density at radius 2 is 2.10 bits per heavy atom. The van der Waals surface area contributed by atoms with Gasteiger partial charge in [-0.3, -0.25) is 9.78 Å². The molecule has 0 saturated carbocycles. The molecule has 1 aromatic carbocycles. The number of rotatable bonds is 3. The van der Waals surface area contributed by atoms with Gasteiger partial charge in [-0.2, -0.15) is 5.10 Å². The number of benzene rings is 1. The first-order valence-corrected chi connectivity index (χ1v) is 7.00. The Bertz CT molecular complexity index is 822. The van der Waals surface area contributed by atoms with Crippen LogP contribution in [0.3, 0.4) is 0 Å². The van der Waals surface area contributed by atoms with Crippen molar-refractivity contribution in [3.63, 3.8) is 0 Å². The van der Waals surface area contributed by atoms with Crippen molar-refractivity contribution >= 4 is 45.3 Å². The van der Waals surface area contributed by atoms with Gasteiger partial charge in [0, 0.05) is 5.02 Å². The van der Waals surface area contributed by atoms with Crippen molar-refractivity contribution in [3.8, 4) is 0 Å². The van der Waals surface area contributed by atoms with E-state index < -0.39 is 0 Å². The topological polar surface area (TPSA) is 70.1 Å². The van der Waals surface area contributed by atoms with Crippen LogP contribution in [0.2, 0.25) is 5.02 Å². The van der Waals surface area contributed by atoms with Crippen LogP contribution in [0.1, 0.15) is 5.56 Å². The second kappa shape index (κ2) is 5.44. The summed E-state index contributed by atoms with van der Waals surface area (Å²) in [4.78, 5) is 18.6. The molecular formula is C13H9ClN4OS. The number of halogens is 1. The Morgan fingerprint density at radius 3 is 2.90 bits per heavy atom. The lowest BCUT2D eigenvalue weighted by Gasteiger charge is -1.99. The molecule has 20 heavy (non-hydrogen) atoms. The zero-order valence-electron chi connectivity index (χ0n) is 10.1. The fourth-order valence-corrected chi connectivity index (χ4v) is 2.49. The Hall–Kier alpha value is -2.18. The molecule has 0 atom stereocenters. The van der Waals surface area contributed by atoms with Crippen molar-refractivity contribution in [1.82, 2.24) is 9.97 Å². The second-order valence-corrected chi connectivity index (χ2v) is 5.32. The number of hydrogen-bond acceptors (Lipinski definition) is 5. The predicted octanol–water partition coefficient (Wildman–Crippen LogP) is 3.08. The van der Waals surface area contributed by atoms with Gasteiger partial charge < -0.3 is 0 Å². The number of fused-ring (bicyclic) bond motifs is 1. The summed E-state index contributed by atoms with van der Waals surface area (Å²) in [6.45, 7) is 0. The summed E-state index contributed by atoms with van der Waals surface area (Å²) in [7, 11) is 0. The molecule has 0 aliphatic heterocycles. The van der Waals surface area contributed by atoms with Crippen molar-refractivity contribution in [1.29, 1.82) is 0 Å². The lowest BCUT2D eigenvalue weighted by atomic mass is 10.2. The predicted molar refractivity (Wildman–Crippen MR) is 82.9 cm³/mol. The molecular weight excluding hydrogens is 296 g/mol. The molecule has 2 heterocycles. The average molecular weight is 305 g/mol. The third kappa shape index (κ3) is 2.71. The van der Waals surface area contributed by atoms with Crippen molar-refractivity contribution in [3.05, 3.63) is 56.7 Å². The highest BCUT2D eigenvalue weighted by molar-refractivity contribution is 7.17. The summed E-state index contributed by atoms with van der Waals surface area (Å²) < 4.78 is 0.609. The third-order valence-corrected chi connectivity index (χ3v) is 3.72. The van der Waals surface area contributed by atoms with Gasteiger partial charge in [0.1, 0.15) is 4.70 Å². The molecule has 0 unspecified atom stereocenters. The molecule has 2 aromatic heterocycles. The number of aromatic nitrogens is 2. The van der Waals surface area contributed by atoms with Crippen LogP contribution in [-0.2, 0) is 0 Å². The number of thiophene rings is 1. The molecule has 3 rings (SSSR count). The maximum atomic E-state index is 11.7. The number of aromatic amines is 1. The van der Waals surface area contributed by atoms with E-state index in [1.807, 2.05) is 17.5 Å². The van der Waals surface area contributed by atoms with Crippen LogP contribution < -0.4 is 11.0 Å². The average Bonchev–Trinajstić information content (AvgIpc) is 2.90. The molecule has 0 aliphatic carbocycles. The quantitative estimate of drug-likeness (QED) is 0.577. The van der Waals surface area contributed by atoms with E-state index in [1.54, 1.807) is 24.4 Å². The van der Waals surface area contributed by atoms with Gasteiger partial charge in [0.2, 0.25) is 5.95 Å². The van der Waals surface area contributed by atoms with Crippen molar-refractivity contribution in [2.75, 3.05) is 5.43 Å².